The minimum atomic E-state index is -0.927. The molecule has 0 saturated heterocycles. The van der Waals surface area contributed by atoms with Crippen LogP contribution in [0.3, 0.4) is 0 Å². The summed E-state index contributed by atoms with van der Waals surface area (Å²) in [6.07, 6.45) is 0. The number of aliphatic carboxylic acids is 1. The van der Waals surface area contributed by atoms with Crippen molar-refractivity contribution in [2.24, 2.45) is 0 Å². The fraction of sp³-hybridized carbons (Fsp3) is 0.267. The van der Waals surface area contributed by atoms with Crippen molar-refractivity contribution in [1.29, 1.82) is 0 Å². The Labute approximate surface area is 117 Å². The van der Waals surface area contributed by atoms with Gasteiger partial charge in [-0.2, -0.15) is 0 Å². The molecule has 0 fully saturated rings. The van der Waals surface area contributed by atoms with Crippen molar-refractivity contribution < 1.29 is 9.90 Å². The summed E-state index contributed by atoms with van der Waals surface area (Å²) in [5.74, 6) is -1.32. The molecule has 3 nitrogen and oxygen atoms in total. The largest absolute Gasteiger partial charge is 0.478 e. The highest BCUT2D eigenvalue weighted by Crippen LogP contribution is 2.42. The van der Waals surface area contributed by atoms with Gasteiger partial charge in [0.2, 0.25) is 0 Å². The number of carboxylic acid groups (broad SMARTS) is 1. The molecule has 1 heterocycles. The SMILES string of the molecule is CC1=C(Cl)C(c2ccccc2)C(C(=O)O)=C(C)N1C. The third kappa shape index (κ3) is 2.26. The molecule has 0 spiro atoms. The molecule has 0 radical (unpaired) electrons. The standard InChI is InChI=1S/C15H16ClNO2/c1-9-12(15(18)19)13(11-7-5-4-6-8-11)14(16)10(2)17(9)3/h4-8,13H,1-3H3,(H,18,19). The maximum atomic E-state index is 11.6. The van der Waals surface area contributed by atoms with E-state index >= 15 is 0 Å². The predicted molar refractivity (Wildman–Crippen MR) is 75.8 cm³/mol. The number of rotatable bonds is 2. The maximum absolute atomic E-state index is 11.6. The lowest BCUT2D eigenvalue weighted by Gasteiger charge is -2.33. The van der Waals surface area contributed by atoms with E-state index in [1.165, 1.54) is 0 Å². The van der Waals surface area contributed by atoms with Gasteiger partial charge in [-0.3, -0.25) is 0 Å². The van der Waals surface area contributed by atoms with Crippen LogP contribution in [-0.4, -0.2) is 23.0 Å². The molecule has 1 aliphatic heterocycles. The average Bonchev–Trinajstić information content (AvgIpc) is 2.40. The second kappa shape index (κ2) is 5.10. The van der Waals surface area contributed by atoms with Crippen molar-refractivity contribution in [3.05, 3.63) is 57.9 Å². The van der Waals surface area contributed by atoms with Gasteiger partial charge in [0.05, 0.1) is 11.5 Å². The van der Waals surface area contributed by atoms with Crippen LogP contribution in [0, 0.1) is 0 Å². The van der Waals surface area contributed by atoms with Crippen molar-refractivity contribution in [1.82, 2.24) is 4.90 Å². The van der Waals surface area contributed by atoms with Crippen molar-refractivity contribution in [3.8, 4) is 0 Å². The number of nitrogens with zero attached hydrogens (tertiary/aromatic N) is 1. The molecule has 1 aliphatic rings. The molecule has 100 valence electrons. The van der Waals surface area contributed by atoms with Crippen LogP contribution in [0.5, 0.6) is 0 Å². The monoisotopic (exact) mass is 277 g/mol. The fourth-order valence-corrected chi connectivity index (χ4v) is 2.74. The van der Waals surface area contributed by atoms with Gasteiger partial charge in [0.1, 0.15) is 0 Å². The summed E-state index contributed by atoms with van der Waals surface area (Å²) in [6, 6.07) is 9.49. The van der Waals surface area contributed by atoms with E-state index in [2.05, 4.69) is 0 Å². The zero-order valence-electron chi connectivity index (χ0n) is 11.1. The Morgan fingerprint density at radius 1 is 1.21 bits per heavy atom. The zero-order chi connectivity index (χ0) is 14.2. The normalized spacial score (nSPS) is 20.0. The Kier molecular flexibility index (Phi) is 3.67. The van der Waals surface area contributed by atoms with E-state index in [0.717, 1.165) is 17.0 Å². The van der Waals surface area contributed by atoms with E-state index in [0.29, 0.717) is 10.6 Å². The van der Waals surface area contributed by atoms with E-state index in [4.69, 9.17) is 11.6 Å². The van der Waals surface area contributed by atoms with Gasteiger partial charge in [0.25, 0.3) is 0 Å². The summed E-state index contributed by atoms with van der Waals surface area (Å²) in [5.41, 5.74) is 2.85. The first-order valence-corrected chi connectivity index (χ1v) is 6.42. The van der Waals surface area contributed by atoms with Crippen LogP contribution in [0.25, 0.3) is 0 Å². The minimum absolute atomic E-state index is 0.337. The number of carboxylic acids is 1. The minimum Gasteiger partial charge on any atom is -0.478 e. The third-order valence-corrected chi connectivity index (χ3v) is 4.14. The molecule has 1 atom stereocenters. The smallest absolute Gasteiger partial charge is 0.334 e. The Hall–Kier alpha value is -1.74. The highest BCUT2D eigenvalue weighted by molar-refractivity contribution is 6.31. The van der Waals surface area contributed by atoms with E-state index in [-0.39, 0.29) is 0 Å². The summed E-state index contributed by atoms with van der Waals surface area (Å²) < 4.78 is 0. The van der Waals surface area contributed by atoms with Crippen molar-refractivity contribution in [2.45, 2.75) is 19.8 Å². The second-order valence-electron chi connectivity index (χ2n) is 4.64. The third-order valence-electron chi connectivity index (χ3n) is 3.65. The van der Waals surface area contributed by atoms with Crippen molar-refractivity contribution >= 4 is 17.6 Å². The molecule has 2 rings (SSSR count). The zero-order valence-corrected chi connectivity index (χ0v) is 11.9. The number of halogens is 1. The molecule has 1 N–H and O–H groups in total. The number of hydrogen-bond acceptors (Lipinski definition) is 2. The first-order valence-electron chi connectivity index (χ1n) is 6.04. The lowest BCUT2D eigenvalue weighted by molar-refractivity contribution is -0.133. The lowest BCUT2D eigenvalue weighted by atomic mass is 9.86. The van der Waals surface area contributed by atoms with Gasteiger partial charge in [-0.25, -0.2) is 4.79 Å². The van der Waals surface area contributed by atoms with Crippen LogP contribution in [0.15, 0.2) is 52.3 Å². The van der Waals surface area contributed by atoms with E-state index in [1.54, 1.807) is 0 Å². The van der Waals surface area contributed by atoms with Crippen LogP contribution in [0.1, 0.15) is 25.3 Å². The van der Waals surface area contributed by atoms with Crippen LogP contribution < -0.4 is 0 Å². The lowest BCUT2D eigenvalue weighted by Crippen LogP contribution is -2.28. The fourth-order valence-electron chi connectivity index (χ4n) is 2.37. The molecule has 1 unspecified atom stereocenters. The molecule has 19 heavy (non-hydrogen) atoms. The first kappa shape index (κ1) is 13.7. The highest BCUT2D eigenvalue weighted by atomic mass is 35.5. The van der Waals surface area contributed by atoms with Gasteiger partial charge >= 0.3 is 5.97 Å². The molecular weight excluding hydrogens is 262 g/mol. The molecule has 1 aromatic carbocycles. The Morgan fingerprint density at radius 3 is 2.32 bits per heavy atom. The molecule has 0 amide bonds. The summed E-state index contributed by atoms with van der Waals surface area (Å²) in [5, 5.41) is 10.1. The van der Waals surface area contributed by atoms with E-state index < -0.39 is 11.9 Å². The number of allylic oxidation sites excluding steroid dienone is 3. The van der Waals surface area contributed by atoms with Gasteiger partial charge < -0.3 is 10.0 Å². The highest BCUT2D eigenvalue weighted by Gasteiger charge is 2.34. The van der Waals surface area contributed by atoms with Crippen molar-refractivity contribution in [2.75, 3.05) is 7.05 Å². The maximum Gasteiger partial charge on any atom is 0.334 e. The van der Waals surface area contributed by atoms with Crippen LogP contribution >= 0.6 is 11.6 Å². The number of carbonyl (C=O) groups is 1. The predicted octanol–water partition coefficient (Wildman–Crippen LogP) is 3.54. The van der Waals surface area contributed by atoms with Gasteiger partial charge in [-0.05, 0) is 19.4 Å². The van der Waals surface area contributed by atoms with E-state index in [1.807, 2.05) is 56.1 Å². The van der Waals surface area contributed by atoms with Gasteiger partial charge in [0, 0.05) is 23.5 Å². The molecule has 0 aliphatic carbocycles. The summed E-state index contributed by atoms with van der Waals surface area (Å²) in [6.45, 7) is 3.71. The molecule has 4 heteroatoms. The molecule has 0 saturated carbocycles. The molecule has 0 aromatic heterocycles. The molecular formula is C15H16ClNO2. The topological polar surface area (TPSA) is 40.5 Å². The number of benzene rings is 1. The molecule has 1 aromatic rings. The quantitative estimate of drug-likeness (QED) is 0.899. The second-order valence-corrected chi connectivity index (χ2v) is 5.05. The van der Waals surface area contributed by atoms with E-state index in [9.17, 15) is 9.90 Å². The van der Waals surface area contributed by atoms with Crippen LogP contribution in [0.2, 0.25) is 0 Å². The van der Waals surface area contributed by atoms with Crippen molar-refractivity contribution in [3.63, 3.8) is 0 Å². The van der Waals surface area contributed by atoms with Crippen LogP contribution in [-0.2, 0) is 4.79 Å². The average molecular weight is 278 g/mol. The Balaban J connectivity index is 2.64. The summed E-state index contributed by atoms with van der Waals surface area (Å²) >= 11 is 6.41. The molecule has 0 bridgehead atoms. The summed E-state index contributed by atoms with van der Waals surface area (Å²) in [4.78, 5) is 13.4. The van der Waals surface area contributed by atoms with Gasteiger partial charge in [-0.1, -0.05) is 41.9 Å². The van der Waals surface area contributed by atoms with Gasteiger partial charge in [0.15, 0.2) is 0 Å². The van der Waals surface area contributed by atoms with Crippen LogP contribution in [0.4, 0.5) is 0 Å². The Morgan fingerprint density at radius 2 is 1.79 bits per heavy atom. The summed E-state index contributed by atoms with van der Waals surface area (Å²) in [7, 11) is 1.83. The first-order chi connectivity index (χ1) is 8.95. The van der Waals surface area contributed by atoms with Gasteiger partial charge in [-0.15, -0.1) is 0 Å². The Bertz CT molecular complexity index is 575. The number of hydrogen-bond donors (Lipinski definition) is 1.